The molecule has 0 spiro atoms. The first-order chi connectivity index (χ1) is 9.65. The van der Waals surface area contributed by atoms with Crippen molar-refractivity contribution in [2.24, 2.45) is 0 Å². The molecule has 0 fully saturated rings. The van der Waals surface area contributed by atoms with E-state index in [0.29, 0.717) is 10.8 Å². The first kappa shape index (κ1) is 12.5. The molecule has 3 aromatic heterocycles. The third-order valence-corrected chi connectivity index (χ3v) is 3.52. The van der Waals surface area contributed by atoms with Gasteiger partial charge in [0.05, 0.1) is 0 Å². The average molecular weight is 286 g/mol. The summed E-state index contributed by atoms with van der Waals surface area (Å²) in [5, 5.41) is 4.34. The molecule has 100 valence electrons. The topological polar surface area (TPSA) is 76.4 Å². The van der Waals surface area contributed by atoms with Crippen LogP contribution in [0.25, 0.3) is 4.96 Å². The molecule has 0 radical (unpaired) electrons. The zero-order chi connectivity index (χ0) is 14.1. The Morgan fingerprint density at radius 3 is 3.05 bits per heavy atom. The fourth-order valence-electron chi connectivity index (χ4n) is 1.77. The van der Waals surface area contributed by atoms with Crippen LogP contribution in [-0.2, 0) is 0 Å². The minimum Gasteiger partial charge on any atom is -0.306 e. The first-order valence-electron chi connectivity index (χ1n) is 5.84. The van der Waals surface area contributed by atoms with E-state index in [4.69, 9.17) is 0 Å². The molecule has 3 aromatic rings. The van der Waals surface area contributed by atoms with Crippen molar-refractivity contribution in [3.05, 3.63) is 57.6 Å². The number of carbonyl (C=O) groups excluding carboxylic acids is 1. The summed E-state index contributed by atoms with van der Waals surface area (Å²) in [6.07, 6.45) is 4.48. The zero-order valence-corrected chi connectivity index (χ0v) is 11.3. The van der Waals surface area contributed by atoms with Crippen molar-refractivity contribution in [2.75, 3.05) is 5.32 Å². The van der Waals surface area contributed by atoms with Gasteiger partial charge in [-0.05, 0) is 24.6 Å². The molecule has 20 heavy (non-hydrogen) atoms. The number of pyridine rings is 1. The lowest BCUT2D eigenvalue weighted by atomic mass is 10.3. The van der Waals surface area contributed by atoms with Crippen molar-refractivity contribution >= 4 is 28.0 Å². The summed E-state index contributed by atoms with van der Waals surface area (Å²) >= 11 is 1.34. The average Bonchev–Trinajstić information content (AvgIpc) is 2.88. The Bertz CT molecular complexity index is 853. The number of anilines is 1. The van der Waals surface area contributed by atoms with Crippen molar-refractivity contribution in [2.45, 2.75) is 6.92 Å². The van der Waals surface area contributed by atoms with Crippen LogP contribution in [0, 0.1) is 6.92 Å². The maximum Gasteiger partial charge on any atom is 0.271 e. The number of thiazole rings is 1. The standard InChI is InChI=1S/C13H10N4O2S/c1-8-2-3-14-10(6-8)16-11(18)9-7-15-13-17(12(9)19)4-5-20-13/h2-7H,1H3,(H,14,16,18). The third kappa shape index (κ3) is 2.19. The molecule has 0 aliphatic heterocycles. The molecule has 0 bridgehead atoms. The molecular weight excluding hydrogens is 276 g/mol. The highest BCUT2D eigenvalue weighted by atomic mass is 32.1. The Morgan fingerprint density at radius 2 is 2.25 bits per heavy atom. The van der Waals surface area contributed by atoms with E-state index in [-0.39, 0.29) is 11.1 Å². The molecule has 0 aliphatic carbocycles. The van der Waals surface area contributed by atoms with Crippen LogP contribution in [-0.4, -0.2) is 20.3 Å². The number of hydrogen-bond donors (Lipinski definition) is 1. The third-order valence-electron chi connectivity index (χ3n) is 2.74. The Kier molecular flexibility index (Phi) is 3.03. The summed E-state index contributed by atoms with van der Waals surface area (Å²) in [5.41, 5.74) is 0.573. The lowest BCUT2D eigenvalue weighted by Crippen LogP contribution is -2.26. The zero-order valence-electron chi connectivity index (χ0n) is 10.5. The fraction of sp³-hybridized carbons (Fsp3) is 0.0769. The van der Waals surface area contributed by atoms with E-state index < -0.39 is 5.91 Å². The lowest BCUT2D eigenvalue weighted by molar-refractivity contribution is 0.102. The van der Waals surface area contributed by atoms with Crippen LogP contribution in [0.3, 0.4) is 0 Å². The Balaban J connectivity index is 1.96. The SMILES string of the molecule is Cc1ccnc(NC(=O)c2cnc3sccn3c2=O)c1. The van der Waals surface area contributed by atoms with Crippen LogP contribution in [0.15, 0.2) is 40.9 Å². The van der Waals surface area contributed by atoms with Crippen molar-refractivity contribution in [1.82, 2.24) is 14.4 Å². The highest BCUT2D eigenvalue weighted by molar-refractivity contribution is 7.15. The molecule has 0 saturated carbocycles. The number of nitrogens with zero attached hydrogens (tertiary/aromatic N) is 3. The smallest absolute Gasteiger partial charge is 0.271 e. The molecule has 6 nitrogen and oxygen atoms in total. The predicted molar refractivity (Wildman–Crippen MR) is 76.3 cm³/mol. The normalized spacial score (nSPS) is 10.7. The molecule has 7 heteroatoms. The van der Waals surface area contributed by atoms with E-state index in [1.54, 1.807) is 23.8 Å². The quantitative estimate of drug-likeness (QED) is 0.778. The van der Waals surface area contributed by atoms with Gasteiger partial charge < -0.3 is 5.32 Å². The van der Waals surface area contributed by atoms with Gasteiger partial charge in [-0.25, -0.2) is 9.97 Å². The number of fused-ring (bicyclic) bond motifs is 1. The highest BCUT2D eigenvalue weighted by Gasteiger charge is 2.14. The molecular formula is C13H10N4O2S. The largest absolute Gasteiger partial charge is 0.306 e. The monoisotopic (exact) mass is 286 g/mol. The van der Waals surface area contributed by atoms with Gasteiger partial charge in [0, 0.05) is 24.0 Å². The van der Waals surface area contributed by atoms with E-state index in [0.717, 1.165) is 5.56 Å². The summed E-state index contributed by atoms with van der Waals surface area (Å²) in [6, 6.07) is 3.55. The van der Waals surface area contributed by atoms with Crippen LogP contribution >= 0.6 is 11.3 Å². The highest BCUT2D eigenvalue weighted by Crippen LogP contribution is 2.08. The van der Waals surface area contributed by atoms with Crippen LogP contribution in [0.2, 0.25) is 0 Å². The second-order valence-corrected chi connectivity index (χ2v) is 5.08. The molecule has 3 heterocycles. The maximum atomic E-state index is 12.1. The van der Waals surface area contributed by atoms with Gasteiger partial charge in [0.2, 0.25) is 0 Å². The summed E-state index contributed by atoms with van der Waals surface area (Å²) in [6.45, 7) is 1.89. The van der Waals surface area contributed by atoms with Gasteiger partial charge >= 0.3 is 0 Å². The Hall–Kier alpha value is -2.54. The molecule has 0 aromatic carbocycles. The maximum absolute atomic E-state index is 12.1. The molecule has 0 aliphatic rings. The van der Waals surface area contributed by atoms with Gasteiger partial charge in [0.25, 0.3) is 11.5 Å². The summed E-state index contributed by atoms with van der Waals surface area (Å²) < 4.78 is 1.35. The minimum atomic E-state index is -0.513. The minimum absolute atomic E-state index is 0.00999. The Morgan fingerprint density at radius 1 is 1.40 bits per heavy atom. The van der Waals surface area contributed by atoms with Gasteiger partial charge in [-0.2, -0.15) is 0 Å². The van der Waals surface area contributed by atoms with Gasteiger partial charge in [-0.15, -0.1) is 11.3 Å². The molecule has 0 saturated heterocycles. The number of aromatic nitrogens is 3. The van der Waals surface area contributed by atoms with Crippen molar-refractivity contribution < 1.29 is 4.79 Å². The summed E-state index contributed by atoms with van der Waals surface area (Å²) in [7, 11) is 0. The molecule has 1 N–H and O–H groups in total. The van der Waals surface area contributed by atoms with Crippen LogP contribution in [0.1, 0.15) is 15.9 Å². The first-order valence-corrected chi connectivity index (χ1v) is 6.72. The van der Waals surface area contributed by atoms with E-state index in [9.17, 15) is 9.59 Å². The molecule has 0 atom stereocenters. The van der Waals surface area contributed by atoms with E-state index >= 15 is 0 Å². The van der Waals surface area contributed by atoms with E-state index in [1.165, 1.54) is 21.9 Å². The second-order valence-electron chi connectivity index (χ2n) is 4.21. The van der Waals surface area contributed by atoms with Gasteiger partial charge in [0.15, 0.2) is 4.96 Å². The summed E-state index contributed by atoms with van der Waals surface area (Å²) in [5.74, 6) is -0.106. The molecule has 3 rings (SSSR count). The van der Waals surface area contributed by atoms with Crippen LogP contribution in [0.5, 0.6) is 0 Å². The van der Waals surface area contributed by atoms with Gasteiger partial charge in [-0.1, -0.05) is 0 Å². The van der Waals surface area contributed by atoms with Crippen molar-refractivity contribution in [3.8, 4) is 0 Å². The molecule has 1 amide bonds. The van der Waals surface area contributed by atoms with E-state index in [1.807, 2.05) is 13.0 Å². The van der Waals surface area contributed by atoms with E-state index in [2.05, 4.69) is 15.3 Å². The number of amides is 1. The van der Waals surface area contributed by atoms with Crippen molar-refractivity contribution in [3.63, 3.8) is 0 Å². The number of carbonyl (C=O) groups is 1. The Labute approximate surface area is 117 Å². The van der Waals surface area contributed by atoms with Crippen LogP contribution < -0.4 is 10.9 Å². The predicted octanol–water partition coefficient (Wildman–Crippen LogP) is 1.71. The van der Waals surface area contributed by atoms with Crippen molar-refractivity contribution in [1.29, 1.82) is 0 Å². The fourth-order valence-corrected chi connectivity index (χ4v) is 2.44. The number of nitrogens with one attached hydrogen (secondary N) is 1. The second kappa shape index (κ2) is 4.86. The summed E-state index contributed by atoms with van der Waals surface area (Å²) in [4.78, 5) is 32.9. The van der Waals surface area contributed by atoms with Gasteiger partial charge in [0.1, 0.15) is 11.4 Å². The van der Waals surface area contributed by atoms with Crippen LogP contribution in [0.4, 0.5) is 5.82 Å². The molecule has 0 unspecified atom stereocenters. The number of hydrogen-bond acceptors (Lipinski definition) is 5. The van der Waals surface area contributed by atoms with Gasteiger partial charge in [-0.3, -0.25) is 14.0 Å². The number of aryl methyl sites for hydroxylation is 1. The number of rotatable bonds is 2. The lowest BCUT2D eigenvalue weighted by Gasteiger charge is -2.04.